The first kappa shape index (κ1) is 18.0. The Balaban J connectivity index is 1.34. The van der Waals surface area contributed by atoms with Gasteiger partial charge in [-0.1, -0.05) is 0 Å². The number of pyridine rings is 1. The largest absolute Gasteiger partial charge is 0.481 e. The maximum atomic E-state index is 12.8. The molecule has 2 fully saturated rings. The van der Waals surface area contributed by atoms with Crippen LogP contribution in [-0.2, 0) is 13.6 Å². The fourth-order valence-electron chi connectivity index (χ4n) is 4.32. The summed E-state index contributed by atoms with van der Waals surface area (Å²) in [5.74, 6) is 1.81. The van der Waals surface area contributed by atoms with Gasteiger partial charge in [-0.3, -0.25) is 14.4 Å². The van der Waals surface area contributed by atoms with Crippen LogP contribution >= 0.6 is 0 Å². The van der Waals surface area contributed by atoms with Gasteiger partial charge in [0.25, 0.3) is 5.91 Å². The number of hydrogen-bond donors (Lipinski definition) is 0. The third kappa shape index (κ3) is 3.83. The van der Waals surface area contributed by atoms with Crippen LogP contribution in [0.5, 0.6) is 5.88 Å². The Morgan fingerprint density at radius 2 is 1.93 bits per heavy atom. The van der Waals surface area contributed by atoms with E-state index < -0.39 is 0 Å². The lowest BCUT2D eigenvalue weighted by Crippen LogP contribution is -2.31. The molecule has 27 heavy (non-hydrogen) atoms. The zero-order chi connectivity index (χ0) is 18.8. The molecule has 144 valence electrons. The highest BCUT2D eigenvalue weighted by molar-refractivity contribution is 5.94. The summed E-state index contributed by atoms with van der Waals surface area (Å²) in [6.07, 6.45) is 5.77. The van der Waals surface area contributed by atoms with E-state index in [2.05, 4.69) is 21.0 Å². The topological polar surface area (TPSA) is 63.5 Å². The SMILES string of the molecule is COc1ccc(C(=O)N2C[C@H]3CCN(Cc4ccnn4C)CC[C@H]3C2)cn1. The second-order valence-corrected chi connectivity index (χ2v) is 7.62. The van der Waals surface area contributed by atoms with E-state index >= 15 is 0 Å². The van der Waals surface area contributed by atoms with Crippen molar-refractivity contribution >= 4 is 5.91 Å². The Morgan fingerprint density at radius 3 is 2.48 bits per heavy atom. The molecule has 2 aliphatic heterocycles. The fraction of sp³-hybridized carbons (Fsp3) is 0.550. The van der Waals surface area contributed by atoms with E-state index in [4.69, 9.17) is 4.74 Å². The van der Waals surface area contributed by atoms with Gasteiger partial charge in [0.05, 0.1) is 18.4 Å². The number of ether oxygens (including phenoxy) is 1. The summed E-state index contributed by atoms with van der Waals surface area (Å²) in [6, 6.07) is 5.64. The number of carbonyl (C=O) groups excluding carboxylic acids is 1. The quantitative estimate of drug-likeness (QED) is 0.822. The Morgan fingerprint density at radius 1 is 1.19 bits per heavy atom. The lowest BCUT2D eigenvalue weighted by molar-refractivity contribution is 0.0779. The molecule has 0 aromatic carbocycles. The van der Waals surface area contributed by atoms with Crippen LogP contribution in [0.1, 0.15) is 28.9 Å². The van der Waals surface area contributed by atoms with E-state index in [0.717, 1.165) is 45.6 Å². The van der Waals surface area contributed by atoms with Gasteiger partial charge in [0.2, 0.25) is 5.88 Å². The van der Waals surface area contributed by atoms with Crippen LogP contribution in [0.4, 0.5) is 0 Å². The first-order valence-corrected chi connectivity index (χ1v) is 9.62. The maximum absolute atomic E-state index is 12.8. The van der Waals surface area contributed by atoms with E-state index in [9.17, 15) is 4.79 Å². The molecule has 0 unspecified atom stereocenters. The average molecular weight is 369 g/mol. The zero-order valence-corrected chi connectivity index (χ0v) is 16.0. The predicted octanol–water partition coefficient (Wildman–Crippen LogP) is 1.81. The van der Waals surface area contributed by atoms with Crippen molar-refractivity contribution in [3.8, 4) is 5.88 Å². The molecular formula is C20H27N5O2. The molecule has 0 N–H and O–H groups in total. The van der Waals surface area contributed by atoms with Gasteiger partial charge in [0.1, 0.15) is 0 Å². The standard InChI is InChI=1S/C20H27N5O2/c1-23-18(5-8-22-23)14-24-9-6-16-12-25(13-17(16)7-10-24)20(26)15-3-4-19(27-2)21-11-15/h3-5,8,11,16-17H,6-7,9-10,12-14H2,1-2H3/t16-,17+. The highest BCUT2D eigenvalue weighted by Gasteiger charge is 2.37. The van der Waals surface area contributed by atoms with Crippen LogP contribution < -0.4 is 4.74 Å². The van der Waals surface area contributed by atoms with Crippen LogP contribution in [0.15, 0.2) is 30.6 Å². The van der Waals surface area contributed by atoms with Crippen LogP contribution in [0.25, 0.3) is 0 Å². The number of aryl methyl sites for hydroxylation is 1. The van der Waals surface area contributed by atoms with Crippen LogP contribution in [0.2, 0.25) is 0 Å². The highest BCUT2D eigenvalue weighted by Crippen LogP contribution is 2.33. The lowest BCUT2D eigenvalue weighted by Gasteiger charge is -2.22. The van der Waals surface area contributed by atoms with E-state index in [1.54, 1.807) is 25.4 Å². The number of likely N-dealkylation sites (tertiary alicyclic amines) is 2. The number of nitrogens with zero attached hydrogens (tertiary/aromatic N) is 5. The molecule has 4 rings (SSSR count). The molecule has 4 heterocycles. The van der Waals surface area contributed by atoms with Crippen molar-refractivity contribution in [3.05, 3.63) is 41.9 Å². The molecule has 2 aromatic rings. The van der Waals surface area contributed by atoms with Crippen LogP contribution in [-0.4, -0.2) is 63.8 Å². The summed E-state index contributed by atoms with van der Waals surface area (Å²) in [7, 11) is 3.58. The van der Waals surface area contributed by atoms with Crippen molar-refractivity contribution in [2.75, 3.05) is 33.3 Å². The minimum Gasteiger partial charge on any atom is -0.481 e. The van der Waals surface area contributed by atoms with Gasteiger partial charge in [0.15, 0.2) is 0 Å². The number of hydrogen-bond acceptors (Lipinski definition) is 5. The first-order chi connectivity index (χ1) is 13.1. The molecule has 0 radical (unpaired) electrons. The van der Waals surface area contributed by atoms with Crippen LogP contribution in [0, 0.1) is 11.8 Å². The molecule has 7 nitrogen and oxygen atoms in total. The Bertz CT molecular complexity index is 772. The molecule has 2 saturated heterocycles. The van der Waals surface area contributed by atoms with E-state index in [1.807, 2.05) is 22.8 Å². The van der Waals surface area contributed by atoms with Gasteiger partial charge in [0, 0.05) is 45.1 Å². The molecule has 0 saturated carbocycles. The summed E-state index contributed by atoms with van der Waals surface area (Å²) in [5.41, 5.74) is 1.90. The number of aromatic nitrogens is 3. The van der Waals surface area contributed by atoms with Gasteiger partial charge in [-0.2, -0.15) is 5.10 Å². The third-order valence-electron chi connectivity index (χ3n) is 6.00. The summed E-state index contributed by atoms with van der Waals surface area (Å²) >= 11 is 0. The number of rotatable bonds is 4. The second-order valence-electron chi connectivity index (χ2n) is 7.62. The first-order valence-electron chi connectivity index (χ1n) is 9.62. The molecule has 0 spiro atoms. The molecule has 2 atom stereocenters. The third-order valence-corrected chi connectivity index (χ3v) is 6.00. The molecule has 2 aromatic heterocycles. The minimum absolute atomic E-state index is 0.0879. The number of methoxy groups -OCH3 is 1. The number of carbonyl (C=O) groups is 1. The number of fused-ring (bicyclic) bond motifs is 1. The van der Waals surface area contributed by atoms with Crippen molar-refractivity contribution in [2.24, 2.45) is 18.9 Å². The number of amides is 1. The summed E-state index contributed by atoms with van der Waals surface area (Å²) in [6.45, 7) is 4.83. The highest BCUT2D eigenvalue weighted by atomic mass is 16.5. The Hall–Kier alpha value is -2.41. The van der Waals surface area contributed by atoms with Crippen molar-refractivity contribution in [1.29, 1.82) is 0 Å². The zero-order valence-electron chi connectivity index (χ0n) is 16.0. The van der Waals surface area contributed by atoms with Crippen molar-refractivity contribution < 1.29 is 9.53 Å². The van der Waals surface area contributed by atoms with Gasteiger partial charge in [-0.25, -0.2) is 4.98 Å². The lowest BCUT2D eigenvalue weighted by atomic mass is 9.92. The van der Waals surface area contributed by atoms with Gasteiger partial charge < -0.3 is 9.64 Å². The molecule has 7 heteroatoms. The van der Waals surface area contributed by atoms with Crippen molar-refractivity contribution in [2.45, 2.75) is 19.4 Å². The summed E-state index contributed by atoms with van der Waals surface area (Å²) in [4.78, 5) is 21.5. The van der Waals surface area contributed by atoms with Gasteiger partial charge in [-0.05, 0) is 49.9 Å². The molecule has 0 bridgehead atoms. The monoisotopic (exact) mass is 369 g/mol. The molecule has 0 aliphatic carbocycles. The average Bonchev–Trinajstić information content (AvgIpc) is 3.24. The molecule has 1 amide bonds. The fourth-order valence-corrected chi connectivity index (χ4v) is 4.32. The smallest absolute Gasteiger partial charge is 0.255 e. The summed E-state index contributed by atoms with van der Waals surface area (Å²) in [5, 5.41) is 4.26. The Kier molecular flexibility index (Phi) is 5.11. The van der Waals surface area contributed by atoms with E-state index in [0.29, 0.717) is 23.3 Å². The van der Waals surface area contributed by atoms with Gasteiger partial charge in [-0.15, -0.1) is 0 Å². The van der Waals surface area contributed by atoms with Crippen molar-refractivity contribution in [1.82, 2.24) is 24.6 Å². The maximum Gasteiger partial charge on any atom is 0.255 e. The van der Waals surface area contributed by atoms with Gasteiger partial charge >= 0.3 is 0 Å². The minimum atomic E-state index is 0.0879. The van der Waals surface area contributed by atoms with E-state index in [1.165, 1.54) is 5.69 Å². The summed E-state index contributed by atoms with van der Waals surface area (Å²) < 4.78 is 7.03. The van der Waals surface area contributed by atoms with Crippen molar-refractivity contribution in [3.63, 3.8) is 0 Å². The molecule has 2 aliphatic rings. The normalized spacial score (nSPS) is 23.1. The Labute approximate surface area is 159 Å². The van der Waals surface area contributed by atoms with E-state index in [-0.39, 0.29) is 5.91 Å². The van der Waals surface area contributed by atoms with Crippen LogP contribution in [0.3, 0.4) is 0 Å². The predicted molar refractivity (Wildman–Crippen MR) is 101 cm³/mol. The second kappa shape index (κ2) is 7.68. The molecular weight excluding hydrogens is 342 g/mol.